The first-order valence-electron chi connectivity index (χ1n) is 6.76. The Morgan fingerprint density at radius 3 is 2.52 bits per heavy atom. The molecular formula is C14H22Cl3FN2O. The molecule has 1 atom stereocenters. The first-order valence-corrected chi connectivity index (χ1v) is 7.14. The second kappa shape index (κ2) is 9.70. The average molecular weight is 360 g/mol. The molecule has 1 heterocycles. The predicted molar refractivity (Wildman–Crippen MR) is 89.7 cm³/mol. The molecule has 0 saturated carbocycles. The minimum absolute atomic E-state index is 0. The van der Waals surface area contributed by atoms with Crippen molar-refractivity contribution in [1.29, 1.82) is 0 Å². The van der Waals surface area contributed by atoms with Gasteiger partial charge in [-0.3, -0.25) is 4.90 Å². The van der Waals surface area contributed by atoms with E-state index in [0.29, 0.717) is 5.56 Å². The van der Waals surface area contributed by atoms with E-state index in [2.05, 4.69) is 17.1 Å². The standard InChI is InChI=1S/C14H20ClFN2O.2ClH/c1-2-3-13(18-6-4-17-5-7-18)11-8-10(16)9-12(15)14(11)19;;/h8-9,13,17,19H,2-7H2,1H3;2*1H/t13-;;/m0../s1. The molecule has 0 spiro atoms. The number of nitrogens with zero attached hydrogens (tertiary/aromatic N) is 1. The predicted octanol–water partition coefficient (Wildman–Crippen LogP) is 3.77. The molecule has 0 aliphatic carbocycles. The SMILES string of the molecule is CCC[C@@H](c1cc(F)cc(Cl)c1O)N1CCNCC1.Cl.Cl. The fraction of sp³-hybridized carbons (Fsp3) is 0.571. The highest BCUT2D eigenvalue weighted by molar-refractivity contribution is 6.32. The van der Waals surface area contributed by atoms with Crippen LogP contribution in [0.15, 0.2) is 12.1 Å². The van der Waals surface area contributed by atoms with E-state index < -0.39 is 5.82 Å². The highest BCUT2D eigenvalue weighted by Crippen LogP contribution is 2.37. The van der Waals surface area contributed by atoms with E-state index >= 15 is 0 Å². The van der Waals surface area contributed by atoms with Crippen molar-refractivity contribution in [3.8, 4) is 5.75 Å². The van der Waals surface area contributed by atoms with Crippen molar-refractivity contribution >= 4 is 36.4 Å². The number of rotatable bonds is 4. The average Bonchev–Trinajstić information content (AvgIpc) is 2.41. The van der Waals surface area contributed by atoms with Crippen LogP contribution in [0.3, 0.4) is 0 Å². The van der Waals surface area contributed by atoms with Crippen LogP contribution < -0.4 is 5.32 Å². The van der Waals surface area contributed by atoms with Gasteiger partial charge in [-0.2, -0.15) is 0 Å². The third-order valence-electron chi connectivity index (χ3n) is 3.57. The molecule has 1 fully saturated rings. The van der Waals surface area contributed by atoms with Gasteiger partial charge in [0.05, 0.1) is 5.02 Å². The summed E-state index contributed by atoms with van der Waals surface area (Å²) in [4.78, 5) is 2.28. The van der Waals surface area contributed by atoms with Gasteiger partial charge in [0.1, 0.15) is 11.6 Å². The van der Waals surface area contributed by atoms with Gasteiger partial charge in [-0.05, 0) is 18.6 Å². The van der Waals surface area contributed by atoms with Gasteiger partial charge in [0.15, 0.2) is 0 Å². The third-order valence-corrected chi connectivity index (χ3v) is 3.86. The number of hydrogen-bond donors (Lipinski definition) is 2. The molecule has 0 amide bonds. The summed E-state index contributed by atoms with van der Waals surface area (Å²) in [7, 11) is 0. The topological polar surface area (TPSA) is 35.5 Å². The number of phenols is 1. The Bertz CT molecular complexity index is 442. The van der Waals surface area contributed by atoms with E-state index in [-0.39, 0.29) is 41.6 Å². The number of halogens is 4. The lowest BCUT2D eigenvalue weighted by Gasteiger charge is -2.35. The number of hydrogen-bond acceptors (Lipinski definition) is 3. The number of nitrogens with one attached hydrogen (secondary N) is 1. The lowest BCUT2D eigenvalue weighted by atomic mass is 9.98. The van der Waals surface area contributed by atoms with Crippen molar-refractivity contribution in [2.45, 2.75) is 25.8 Å². The second-order valence-electron chi connectivity index (χ2n) is 4.92. The number of piperazine rings is 1. The number of aromatic hydroxyl groups is 1. The van der Waals surface area contributed by atoms with Crippen LogP contribution in [-0.4, -0.2) is 36.2 Å². The van der Waals surface area contributed by atoms with Crippen LogP contribution in [0.5, 0.6) is 5.75 Å². The van der Waals surface area contributed by atoms with Crippen LogP contribution in [0, 0.1) is 5.82 Å². The molecule has 3 nitrogen and oxygen atoms in total. The summed E-state index contributed by atoms with van der Waals surface area (Å²) in [6.07, 6.45) is 1.86. The summed E-state index contributed by atoms with van der Waals surface area (Å²) in [5, 5.41) is 13.5. The van der Waals surface area contributed by atoms with Crippen molar-refractivity contribution < 1.29 is 9.50 Å². The zero-order valence-electron chi connectivity index (χ0n) is 11.9. The molecule has 122 valence electrons. The molecule has 0 unspecified atom stereocenters. The molecule has 1 saturated heterocycles. The van der Waals surface area contributed by atoms with Crippen LogP contribution >= 0.6 is 36.4 Å². The van der Waals surface area contributed by atoms with Crippen LogP contribution in [0.4, 0.5) is 4.39 Å². The van der Waals surface area contributed by atoms with Crippen molar-refractivity contribution in [3.05, 3.63) is 28.5 Å². The molecule has 21 heavy (non-hydrogen) atoms. The number of benzene rings is 1. The zero-order valence-corrected chi connectivity index (χ0v) is 14.3. The molecule has 7 heteroatoms. The molecule has 1 aliphatic heterocycles. The van der Waals surface area contributed by atoms with Gasteiger partial charge in [0.25, 0.3) is 0 Å². The van der Waals surface area contributed by atoms with Crippen LogP contribution in [0.1, 0.15) is 31.4 Å². The van der Waals surface area contributed by atoms with Crippen LogP contribution in [0.25, 0.3) is 0 Å². The van der Waals surface area contributed by atoms with E-state index in [4.69, 9.17) is 11.6 Å². The Morgan fingerprint density at radius 2 is 1.95 bits per heavy atom. The first-order chi connectivity index (χ1) is 9.13. The lowest BCUT2D eigenvalue weighted by molar-refractivity contribution is 0.162. The quantitative estimate of drug-likeness (QED) is 0.859. The van der Waals surface area contributed by atoms with Gasteiger partial charge in [0, 0.05) is 37.8 Å². The summed E-state index contributed by atoms with van der Waals surface area (Å²) in [6.45, 7) is 5.73. The maximum atomic E-state index is 13.5. The molecule has 2 rings (SSSR count). The second-order valence-corrected chi connectivity index (χ2v) is 5.32. The minimum atomic E-state index is -0.394. The van der Waals surface area contributed by atoms with Gasteiger partial charge in [-0.1, -0.05) is 24.9 Å². The van der Waals surface area contributed by atoms with E-state index in [0.717, 1.165) is 45.1 Å². The fourth-order valence-corrected chi connectivity index (χ4v) is 2.86. The van der Waals surface area contributed by atoms with E-state index in [9.17, 15) is 9.50 Å². The highest BCUT2D eigenvalue weighted by Gasteiger charge is 2.25. The van der Waals surface area contributed by atoms with Crippen molar-refractivity contribution in [2.75, 3.05) is 26.2 Å². The van der Waals surface area contributed by atoms with Crippen LogP contribution in [-0.2, 0) is 0 Å². The zero-order chi connectivity index (χ0) is 13.8. The van der Waals surface area contributed by atoms with Gasteiger partial charge < -0.3 is 10.4 Å². The summed E-state index contributed by atoms with van der Waals surface area (Å²) < 4.78 is 13.5. The van der Waals surface area contributed by atoms with Gasteiger partial charge in [-0.25, -0.2) is 4.39 Å². The van der Waals surface area contributed by atoms with Gasteiger partial charge >= 0.3 is 0 Å². The van der Waals surface area contributed by atoms with Crippen molar-refractivity contribution in [3.63, 3.8) is 0 Å². The number of phenolic OH excluding ortho intramolecular Hbond substituents is 1. The van der Waals surface area contributed by atoms with Crippen molar-refractivity contribution in [2.24, 2.45) is 0 Å². The van der Waals surface area contributed by atoms with Crippen molar-refractivity contribution in [1.82, 2.24) is 10.2 Å². The molecule has 1 aromatic carbocycles. The highest BCUT2D eigenvalue weighted by atomic mass is 35.5. The summed E-state index contributed by atoms with van der Waals surface area (Å²) >= 11 is 5.88. The third kappa shape index (κ3) is 5.15. The normalized spacial score (nSPS) is 16.7. The fourth-order valence-electron chi connectivity index (χ4n) is 2.64. The smallest absolute Gasteiger partial charge is 0.139 e. The minimum Gasteiger partial charge on any atom is -0.506 e. The van der Waals surface area contributed by atoms with E-state index in [1.165, 1.54) is 6.07 Å². The van der Waals surface area contributed by atoms with Gasteiger partial charge in [0.2, 0.25) is 0 Å². The largest absolute Gasteiger partial charge is 0.506 e. The van der Waals surface area contributed by atoms with Crippen LogP contribution in [0.2, 0.25) is 5.02 Å². The molecule has 2 N–H and O–H groups in total. The Morgan fingerprint density at radius 1 is 1.33 bits per heavy atom. The Hall–Kier alpha value is -0.260. The Labute approximate surface area is 142 Å². The summed E-state index contributed by atoms with van der Waals surface area (Å²) in [5.74, 6) is -0.380. The summed E-state index contributed by atoms with van der Waals surface area (Å²) in [6, 6.07) is 2.59. The summed E-state index contributed by atoms with van der Waals surface area (Å²) in [5.41, 5.74) is 0.605. The Kier molecular flexibility index (Phi) is 9.58. The molecule has 1 aliphatic rings. The lowest BCUT2D eigenvalue weighted by Crippen LogP contribution is -2.45. The maximum Gasteiger partial charge on any atom is 0.139 e. The Balaban J connectivity index is 0.00000200. The molecule has 1 aromatic rings. The monoisotopic (exact) mass is 358 g/mol. The first kappa shape index (κ1) is 20.7. The molecule has 0 bridgehead atoms. The maximum absolute atomic E-state index is 13.5. The molecule has 0 aromatic heterocycles. The van der Waals surface area contributed by atoms with E-state index in [1.807, 2.05) is 0 Å². The molecular weight excluding hydrogens is 338 g/mol. The molecule has 0 radical (unpaired) electrons. The van der Waals surface area contributed by atoms with Gasteiger partial charge in [-0.15, -0.1) is 24.8 Å². The van der Waals surface area contributed by atoms with E-state index in [1.54, 1.807) is 0 Å².